The van der Waals surface area contributed by atoms with Gasteiger partial charge < -0.3 is 35.6 Å². The minimum atomic E-state index is -1.18. The van der Waals surface area contributed by atoms with Crippen LogP contribution in [0.4, 0.5) is 0 Å². The highest BCUT2D eigenvalue weighted by Gasteiger charge is 2.67. The van der Waals surface area contributed by atoms with Crippen molar-refractivity contribution in [1.29, 1.82) is 0 Å². The Morgan fingerprint density at radius 3 is 2.66 bits per heavy atom. The fourth-order valence-electron chi connectivity index (χ4n) is 11.0. The molecule has 56 heavy (non-hydrogen) atoms. The molecule has 1 aromatic rings. The van der Waals surface area contributed by atoms with E-state index in [2.05, 4.69) is 54.5 Å². The van der Waals surface area contributed by atoms with Gasteiger partial charge in [-0.05, 0) is 157 Å². The predicted molar refractivity (Wildman–Crippen MR) is 223 cm³/mol. The monoisotopic (exact) mass is 775 g/mol. The first-order valence-electron chi connectivity index (χ1n) is 21.1. The van der Waals surface area contributed by atoms with Gasteiger partial charge >= 0.3 is 0 Å². The minimum Gasteiger partial charge on any atom is -0.396 e. The van der Waals surface area contributed by atoms with Crippen LogP contribution in [0.25, 0.3) is 0 Å². The van der Waals surface area contributed by atoms with Gasteiger partial charge in [-0.25, -0.2) is 0 Å². The third-order valence-corrected chi connectivity index (χ3v) is 14.0. The number of hydrogen-bond donors (Lipinski definition) is 7. The molecule has 4 aliphatic rings. The molecule has 2 bridgehead atoms. The minimum absolute atomic E-state index is 0.000525. The first-order valence-corrected chi connectivity index (χ1v) is 21.1. The van der Waals surface area contributed by atoms with Crippen molar-refractivity contribution in [2.45, 2.75) is 121 Å². The molecular weight excluding hydrogens is 705 g/mol. The van der Waals surface area contributed by atoms with E-state index in [1.54, 1.807) is 7.11 Å². The summed E-state index contributed by atoms with van der Waals surface area (Å²) in [6, 6.07) is 8.65. The number of aliphatic hydroxyl groups excluding tert-OH is 4. The van der Waals surface area contributed by atoms with Crippen LogP contribution in [0.5, 0.6) is 0 Å². The molecule has 9 atom stereocenters. The van der Waals surface area contributed by atoms with E-state index < -0.39 is 23.3 Å². The summed E-state index contributed by atoms with van der Waals surface area (Å²) in [6.45, 7) is 9.52. The topological polar surface area (TPSA) is 152 Å². The number of aliphatic hydroxyl groups is 5. The second-order valence-electron chi connectivity index (χ2n) is 17.6. The highest BCUT2D eigenvalue weighted by Crippen LogP contribution is 2.66. The van der Waals surface area contributed by atoms with Crippen LogP contribution in [0.3, 0.4) is 0 Å². The van der Waals surface area contributed by atoms with Gasteiger partial charge in [-0.2, -0.15) is 0 Å². The van der Waals surface area contributed by atoms with Crippen LogP contribution in [0.1, 0.15) is 95.6 Å². The second kappa shape index (κ2) is 19.8. The zero-order valence-electron chi connectivity index (χ0n) is 34.4. The lowest BCUT2D eigenvalue weighted by Crippen LogP contribution is -2.63. The van der Waals surface area contributed by atoms with Gasteiger partial charge in [0.25, 0.3) is 0 Å². The van der Waals surface area contributed by atoms with Gasteiger partial charge in [-0.15, -0.1) is 0 Å². The van der Waals surface area contributed by atoms with Crippen LogP contribution in [-0.4, -0.2) is 95.8 Å². The molecule has 0 saturated heterocycles. The summed E-state index contributed by atoms with van der Waals surface area (Å²) in [5.41, 5.74) is 4.35. The molecule has 0 radical (unpaired) electrons. The number of methoxy groups -OCH3 is 1. The maximum Gasteiger partial charge on any atom is 0.145 e. The summed E-state index contributed by atoms with van der Waals surface area (Å²) >= 11 is 0. The molecule has 7 N–H and O–H groups in total. The van der Waals surface area contributed by atoms with Crippen molar-refractivity contribution in [2.75, 3.05) is 40.5 Å². The van der Waals surface area contributed by atoms with Gasteiger partial charge in [0.1, 0.15) is 12.5 Å². The van der Waals surface area contributed by atoms with Gasteiger partial charge in [0.15, 0.2) is 0 Å². The number of ether oxygens (including phenoxy) is 1. The van der Waals surface area contributed by atoms with Crippen molar-refractivity contribution in [3.8, 4) is 0 Å². The summed E-state index contributed by atoms with van der Waals surface area (Å²) in [5, 5.41) is 64.1. The van der Waals surface area contributed by atoms with E-state index in [-0.39, 0.29) is 42.4 Å². The summed E-state index contributed by atoms with van der Waals surface area (Å²) in [5.74, 6) is -0.482. The molecule has 1 aromatic carbocycles. The lowest BCUT2D eigenvalue weighted by Gasteiger charge is -2.60. The van der Waals surface area contributed by atoms with Crippen LogP contribution in [0, 0.1) is 29.1 Å². The van der Waals surface area contributed by atoms with Gasteiger partial charge in [-0.3, -0.25) is 10.1 Å². The van der Waals surface area contributed by atoms with Gasteiger partial charge in [0.05, 0.1) is 18.3 Å². The number of hydrogen-bond acceptors (Lipinski definition) is 9. The standard InChI is InChI=1S/C47H70N2O7/c1-32(36-18-17-33(2)44(54)49-45(3,22-25-56-5)28-35-12-7-11-34(26-35)27-36)10-6-14-38(30-51)40-19-20-47(43(40)53)41(16-9-24-50)42-37(13-8-15-39(42)31-52)29-46(47,55)21-23-48-4/h6-7,10-12,14,17,26,31,36-37,40-41,43-44,48-51,53-55H,1,8-9,13,15-16,18-25,27-30H2,2-5H3/t36-,37+,40+,41-,43+,44+,45-,46+,47+/m0/s1. The Balaban J connectivity index is 1.42. The van der Waals surface area contributed by atoms with Crippen LogP contribution < -0.4 is 10.6 Å². The number of allylic oxidation sites excluding steroid dienone is 7. The molecule has 2 fully saturated rings. The Labute approximate surface area is 335 Å². The van der Waals surface area contributed by atoms with Crippen LogP contribution >= 0.6 is 0 Å². The van der Waals surface area contributed by atoms with Crippen molar-refractivity contribution in [3.05, 3.63) is 94.1 Å². The first-order chi connectivity index (χ1) is 26.9. The normalized spacial score (nSPS) is 34.2. The smallest absolute Gasteiger partial charge is 0.145 e. The van der Waals surface area contributed by atoms with Crippen molar-refractivity contribution >= 4 is 6.29 Å². The molecular formula is C47H70N2O7. The van der Waals surface area contributed by atoms with E-state index in [0.29, 0.717) is 70.1 Å². The Bertz CT molecular complexity index is 1630. The maximum absolute atomic E-state index is 12.8. The van der Waals surface area contributed by atoms with Crippen molar-refractivity contribution in [3.63, 3.8) is 0 Å². The Morgan fingerprint density at radius 1 is 1.16 bits per heavy atom. The Hall–Kier alpha value is -2.73. The molecule has 9 heteroatoms. The van der Waals surface area contributed by atoms with Gasteiger partial charge in [0.2, 0.25) is 0 Å². The molecule has 1 aliphatic heterocycles. The molecule has 0 unspecified atom stereocenters. The van der Waals surface area contributed by atoms with E-state index >= 15 is 0 Å². The molecule has 5 rings (SSSR count). The van der Waals surface area contributed by atoms with E-state index in [9.17, 15) is 30.3 Å². The molecule has 0 amide bonds. The summed E-state index contributed by atoms with van der Waals surface area (Å²) in [4.78, 5) is 12.5. The van der Waals surface area contributed by atoms with E-state index in [0.717, 1.165) is 60.7 Å². The molecule has 1 spiro atoms. The lowest BCUT2D eigenvalue weighted by atomic mass is 9.47. The third-order valence-electron chi connectivity index (χ3n) is 14.0. The first kappa shape index (κ1) is 44.4. The van der Waals surface area contributed by atoms with Crippen molar-refractivity contribution in [1.82, 2.24) is 10.6 Å². The molecule has 3 aliphatic carbocycles. The molecule has 310 valence electrons. The average Bonchev–Trinajstić information content (AvgIpc) is 3.53. The zero-order chi connectivity index (χ0) is 40.5. The number of aldehydes is 1. The average molecular weight is 775 g/mol. The number of rotatable bonds is 15. The second-order valence-corrected chi connectivity index (χ2v) is 17.6. The molecule has 0 aromatic heterocycles. The predicted octanol–water partition coefficient (Wildman–Crippen LogP) is 5.66. The fraction of sp³-hybridized carbons (Fsp3) is 0.638. The number of nitrogens with one attached hydrogen (secondary N) is 2. The van der Waals surface area contributed by atoms with Crippen molar-refractivity contribution < 1.29 is 35.1 Å². The van der Waals surface area contributed by atoms with E-state index in [1.807, 2.05) is 32.2 Å². The van der Waals surface area contributed by atoms with Crippen molar-refractivity contribution in [2.24, 2.45) is 29.1 Å². The van der Waals surface area contributed by atoms with Crippen LogP contribution in [0.15, 0.2) is 83.0 Å². The fourth-order valence-corrected chi connectivity index (χ4v) is 11.0. The highest BCUT2D eigenvalue weighted by atomic mass is 16.5. The Kier molecular flexibility index (Phi) is 15.7. The summed E-state index contributed by atoms with van der Waals surface area (Å²) < 4.78 is 5.40. The maximum atomic E-state index is 12.8. The number of benzene rings is 1. The van der Waals surface area contributed by atoms with Gasteiger partial charge in [0, 0.05) is 37.2 Å². The number of fused-ring (bicyclic) bond motifs is 3. The summed E-state index contributed by atoms with van der Waals surface area (Å²) in [7, 11) is 3.57. The van der Waals surface area contributed by atoms with E-state index in [1.165, 1.54) is 11.1 Å². The van der Waals surface area contributed by atoms with E-state index in [4.69, 9.17) is 4.74 Å². The zero-order valence-corrected chi connectivity index (χ0v) is 34.4. The highest BCUT2D eigenvalue weighted by molar-refractivity contribution is 5.75. The number of carbonyl (C=O) groups excluding carboxylic acids is 1. The Morgan fingerprint density at radius 2 is 1.95 bits per heavy atom. The lowest BCUT2D eigenvalue weighted by molar-refractivity contribution is -0.190. The molecule has 2 saturated carbocycles. The molecule has 9 nitrogen and oxygen atoms in total. The quantitative estimate of drug-likeness (QED) is 0.0681. The van der Waals surface area contributed by atoms with Gasteiger partial charge in [-0.1, -0.05) is 66.3 Å². The molecule has 1 heterocycles. The van der Waals surface area contributed by atoms with Crippen LogP contribution in [-0.2, 0) is 22.4 Å². The number of carbonyl (C=O) groups is 1. The summed E-state index contributed by atoms with van der Waals surface area (Å²) in [6.07, 6.45) is 15.9. The van der Waals surface area contributed by atoms with Crippen LogP contribution in [0.2, 0.25) is 0 Å². The third kappa shape index (κ3) is 9.58. The largest absolute Gasteiger partial charge is 0.396 e. The SMILES string of the molecule is C=C(C=CC=C(CO)[C@H]1CC[C@]2([C@@H]1O)[C@@H](CCCO)C1=C(C=O)CCC[C@@H]1C[C@]2(O)CCNC)[C@H]1CC=C(C)[C@@H](O)N[C@@](C)(CCOC)Cc2cccc(c2)C1.